The zero-order chi connectivity index (χ0) is 14.5. The fourth-order valence-corrected chi connectivity index (χ4v) is 3.65. The van der Waals surface area contributed by atoms with Gasteiger partial charge in [0.2, 0.25) is 0 Å². The number of nitrogens with one attached hydrogen (secondary N) is 1. The van der Waals surface area contributed by atoms with Crippen LogP contribution in [0.25, 0.3) is 0 Å². The molecule has 0 amide bonds. The Hall–Kier alpha value is -0.430. The molecule has 0 spiro atoms. The highest BCUT2D eigenvalue weighted by Gasteiger charge is 2.24. The van der Waals surface area contributed by atoms with E-state index in [4.69, 9.17) is 14.7 Å². The van der Waals surface area contributed by atoms with Crippen molar-refractivity contribution in [1.82, 2.24) is 9.97 Å². The number of anilines is 1. The summed E-state index contributed by atoms with van der Waals surface area (Å²) in [5, 5.41) is 3.38. The highest BCUT2D eigenvalue weighted by atomic mass is 127. The van der Waals surface area contributed by atoms with Crippen molar-refractivity contribution in [3.05, 3.63) is 15.1 Å². The third-order valence-corrected chi connectivity index (χ3v) is 4.90. The second-order valence-corrected chi connectivity index (χ2v) is 6.58. The van der Waals surface area contributed by atoms with Crippen molar-refractivity contribution in [2.75, 3.05) is 25.6 Å². The van der Waals surface area contributed by atoms with Gasteiger partial charge in [-0.2, -0.15) is 0 Å². The lowest BCUT2D eigenvalue weighted by atomic mass is 10.0. The molecule has 1 aliphatic rings. The minimum atomic E-state index is 0.231. The van der Waals surface area contributed by atoms with Crippen LogP contribution in [0.3, 0.4) is 0 Å². The van der Waals surface area contributed by atoms with Gasteiger partial charge in [0.05, 0.1) is 15.9 Å². The van der Waals surface area contributed by atoms with E-state index in [0.29, 0.717) is 12.5 Å². The van der Waals surface area contributed by atoms with Crippen LogP contribution < -0.4 is 5.32 Å². The smallest absolute Gasteiger partial charge is 0.143 e. The average Bonchev–Trinajstić information content (AvgIpc) is 2.95. The van der Waals surface area contributed by atoms with Gasteiger partial charge in [-0.25, -0.2) is 9.97 Å². The normalized spacial score (nSPS) is 17.4. The van der Waals surface area contributed by atoms with Crippen LogP contribution in [-0.4, -0.2) is 30.2 Å². The molecule has 20 heavy (non-hydrogen) atoms. The van der Waals surface area contributed by atoms with Gasteiger partial charge in [-0.05, 0) is 42.4 Å². The predicted octanol–water partition coefficient (Wildman–Crippen LogP) is 3.92. The molecule has 1 heterocycles. The van der Waals surface area contributed by atoms with E-state index < -0.39 is 0 Å². The van der Waals surface area contributed by atoms with Gasteiger partial charge in [-0.15, -0.1) is 0 Å². The van der Waals surface area contributed by atoms with Crippen LogP contribution >= 0.6 is 22.6 Å². The van der Waals surface area contributed by atoms with Gasteiger partial charge in [0.15, 0.2) is 0 Å². The molecular weight excluding hydrogens is 365 g/mol. The SMILES string of the molecule is CCNc1nc(C(C)COC)nc(C2CCCC2)c1I. The number of hydrogen-bond acceptors (Lipinski definition) is 4. The largest absolute Gasteiger partial charge is 0.384 e. The van der Waals surface area contributed by atoms with Crippen molar-refractivity contribution < 1.29 is 4.74 Å². The summed E-state index contributed by atoms with van der Waals surface area (Å²) in [5.41, 5.74) is 1.24. The summed E-state index contributed by atoms with van der Waals surface area (Å²) in [4.78, 5) is 9.58. The van der Waals surface area contributed by atoms with Crippen LogP contribution in [0, 0.1) is 3.57 Å². The van der Waals surface area contributed by atoms with Crippen molar-refractivity contribution in [2.45, 2.75) is 51.4 Å². The summed E-state index contributed by atoms with van der Waals surface area (Å²) in [6, 6.07) is 0. The zero-order valence-corrected chi connectivity index (χ0v) is 14.7. The minimum absolute atomic E-state index is 0.231. The van der Waals surface area contributed by atoms with Crippen LogP contribution in [0.4, 0.5) is 5.82 Å². The van der Waals surface area contributed by atoms with Crippen molar-refractivity contribution in [3.63, 3.8) is 0 Å². The van der Waals surface area contributed by atoms with Crippen molar-refractivity contribution in [1.29, 1.82) is 0 Å². The summed E-state index contributed by atoms with van der Waals surface area (Å²) in [6.45, 7) is 5.77. The van der Waals surface area contributed by atoms with Crippen LogP contribution in [0.5, 0.6) is 0 Å². The lowest BCUT2D eigenvalue weighted by molar-refractivity contribution is 0.181. The van der Waals surface area contributed by atoms with Crippen LogP contribution in [0.2, 0.25) is 0 Å². The molecule has 1 N–H and O–H groups in total. The van der Waals surface area contributed by atoms with E-state index in [1.807, 2.05) is 0 Å². The Labute approximate surface area is 135 Å². The van der Waals surface area contributed by atoms with E-state index in [-0.39, 0.29) is 5.92 Å². The number of nitrogens with zero attached hydrogens (tertiary/aromatic N) is 2. The zero-order valence-electron chi connectivity index (χ0n) is 12.6. The van der Waals surface area contributed by atoms with E-state index in [2.05, 4.69) is 41.8 Å². The molecule has 1 saturated carbocycles. The first-order valence-electron chi connectivity index (χ1n) is 7.47. The number of halogens is 1. The van der Waals surface area contributed by atoms with Crippen LogP contribution in [0.1, 0.15) is 62.9 Å². The Balaban J connectivity index is 2.37. The molecule has 5 heteroatoms. The number of methoxy groups -OCH3 is 1. The van der Waals surface area contributed by atoms with E-state index in [0.717, 1.165) is 18.2 Å². The quantitative estimate of drug-likeness (QED) is 0.750. The van der Waals surface area contributed by atoms with Gasteiger partial charge < -0.3 is 10.1 Å². The molecule has 1 aliphatic carbocycles. The molecule has 4 nitrogen and oxygen atoms in total. The molecule has 0 saturated heterocycles. The van der Waals surface area contributed by atoms with Gasteiger partial charge in [0.25, 0.3) is 0 Å². The predicted molar refractivity (Wildman–Crippen MR) is 90.4 cm³/mol. The van der Waals surface area contributed by atoms with Crippen LogP contribution in [0.15, 0.2) is 0 Å². The van der Waals surface area contributed by atoms with Gasteiger partial charge in [-0.1, -0.05) is 19.8 Å². The van der Waals surface area contributed by atoms with Crippen molar-refractivity contribution in [2.24, 2.45) is 0 Å². The number of aromatic nitrogens is 2. The molecule has 0 bridgehead atoms. The lowest BCUT2D eigenvalue weighted by Gasteiger charge is -2.18. The van der Waals surface area contributed by atoms with Crippen molar-refractivity contribution in [3.8, 4) is 0 Å². The molecule has 1 aromatic rings. The average molecular weight is 389 g/mol. The molecule has 1 fully saturated rings. The number of hydrogen-bond donors (Lipinski definition) is 1. The third-order valence-electron chi connectivity index (χ3n) is 3.84. The highest BCUT2D eigenvalue weighted by molar-refractivity contribution is 14.1. The molecule has 1 aromatic heterocycles. The van der Waals surface area contributed by atoms with Gasteiger partial charge in [0, 0.05) is 25.5 Å². The Morgan fingerprint density at radius 3 is 2.65 bits per heavy atom. The fraction of sp³-hybridized carbons (Fsp3) is 0.733. The molecule has 112 valence electrons. The monoisotopic (exact) mass is 389 g/mol. The molecule has 0 radical (unpaired) electrons. The highest BCUT2D eigenvalue weighted by Crippen LogP contribution is 2.37. The van der Waals surface area contributed by atoms with E-state index in [1.165, 1.54) is 34.9 Å². The van der Waals surface area contributed by atoms with Gasteiger partial charge >= 0.3 is 0 Å². The van der Waals surface area contributed by atoms with E-state index >= 15 is 0 Å². The molecule has 1 unspecified atom stereocenters. The Bertz CT molecular complexity index is 447. The standard InChI is InChI=1S/C15H24IN3O/c1-4-17-15-12(16)13(11-7-5-6-8-11)18-14(19-15)10(2)9-20-3/h10-11H,4-9H2,1-3H3,(H,17,18,19). The summed E-state index contributed by atoms with van der Waals surface area (Å²) < 4.78 is 6.45. The first kappa shape index (κ1) is 15.9. The maximum atomic E-state index is 5.25. The Morgan fingerprint density at radius 1 is 1.35 bits per heavy atom. The summed E-state index contributed by atoms with van der Waals surface area (Å²) in [6.07, 6.45) is 5.17. The van der Waals surface area contributed by atoms with Gasteiger partial charge in [0.1, 0.15) is 11.6 Å². The lowest BCUT2D eigenvalue weighted by Crippen LogP contribution is -2.15. The summed E-state index contributed by atoms with van der Waals surface area (Å²) >= 11 is 2.40. The first-order chi connectivity index (χ1) is 9.67. The van der Waals surface area contributed by atoms with E-state index in [1.54, 1.807) is 7.11 Å². The maximum Gasteiger partial charge on any atom is 0.143 e. The molecule has 0 aromatic carbocycles. The molecule has 2 rings (SSSR count). The summed E-state index contributed by atoms with van der Waals surface area (Å²) in [5.74, 6) is 2.73. The molecule has 1 atom stereocenters. The molecular formula is C15H24IN3O. The Morgan fingerprint density at radius 2 is 2.05 bits per heavy atom. The summed E-state index contributed by atoms with van der Waals surface area (Å²) in [7, 11) is 1.73. The maximum absolute atomic E-state index is 5.25. The van der Waals surface area contributed by atoms with Gasteiger partial charge in [-0.3, -0.25) is 0 Å². The number of rotatable bonds is 6. The first-order valence-corrected chi connectivity index (χ1v) is 8.55. The fourth-order valence-electron chi connectivity index (χ4n) is 2.78. The van der Waals surface area contributed by atoms with E-state index in [9.17, 15) is 0 Å². The second kappa shape index (κ2) is 7.54. The topological polar surface area (TPSA) is 47.0 Å². The minimum Gasteiger partial charge on any atom is -0.384 e. The van der Waals surface area contributed by atoms with Crippen LogP contribution in [-0.2, 0) is 4.74 Å². The Kier molecular flexibility index (Phi) is 6.01. The van der Waals surface area contributed by atoms with Crippen molar-refractivity contribution >= 4 is 28.4 Å². The number of ether oxygens (including phenoxy) is 1. The second-order valence-electron chi connectivity index (χ2n) is 5.50. The molecule has 0 aliphatic heterocycles. The third kappa shape index (κ3) is 3.61.